The molecular formula is C18H18N4O3. The Hall–Kier alpha value is -3.35. The minimum atomic E-state index is -0.418. The molecule has 3 aromatic rings. The summed E-state index contributed by atoms with van der Waals surface area (Å²) in [6.07, 6.45) is 0. The van der Waals surface area contributed by atoms with Crippen molar-refractivity contribution in [2.75, 3.05) is 5.32 Å². The van der Waals surface area contributed by atoms with Crippen LogP contribution in [0.15, 0.2) is 48.5 Å². The lowest BCUT2D eigenvalue weighted by Crippen LogP contribution is -2.06. The number of hydrogen-bond donors (Lipinski definition) is 2. The SMILES string of the molecule is Cc1nn(C)c(NCc2ccc(-c3ccc(O)cc3)cc2)c1[N+](=O)[O-]. The van der Waals surface area contributed by atoms with E-state index >= 15 is 0 Å². The normalized spacial score (nSPS) is 10.6. The summed E-state index contributed by atoms with van der Waals surface area (Å²) >= 11 is 0. The number of anilines is 1. The Kier molecular flexibility index (Phi) is 4.38. The standard InChI is InChI=1S/C18H18N4O3/c1-12-17(22(24)25)18(21(2)20-12)19-11-13-3-5-14(6-4-13)15-7-9-16(23)10-8-15/h3-10,19,23H,11H2,1-2H3. The van der Waals surface area contributed by atoms with Gasteiger partial charge in [-0.3, -0.25) is 10.1 Å². The number of aryl methyl sites for hydroxylation is 2. The highest BCUT2D eigenvalue weighted by Crippen LogP contribution is 2.28. The molecule has 2 aromatic carbocycles. The van der Waals surface area contributed by atoms with Crippen LogP contribution in [0.25, 0.3) is 11.1 Å². The molecule has 0 radical (unpaired) electrons. The summed E-state index contributed by atoms with van der Waals surface area (Å²) < 4.78 is 1.48. The summed E-state index contributed by atoms with van der Waals surface area (Å²) in [5.41, 5.74) is 3.43. The third kappa shape index (κ3) is 3.45. The molecule has 0 bridgehead atoms. The van der Waals surface area contributed by atoms with E-state index in [1.54, 1.807) is 26.1 Å². The van der Waals surface area contributed by atoms with Crippen molar-refractivity contribution in [3.8, 4) is 16.9 Å². The van der Waals surface area contributed by atoms with E-state index in [1.165, 1.54) is 4.68 Å². The van der Waals surface area contributed by atoms with Gasteiger partial charge in [0, 0.05) is 13.6 Å². The second-order valence-electron chi connectivity index (χ2n) is 5.76. The lowest BCUT2D eigenvalue weighted by Gasteiger charge is -2.08. The van der Waals surface area contributed by atoms with Crippen LogP contribution in [0.3, 0.4) is 0 Å². The van der Waals surface area contributed by atoms with Crippen LogP contribution in [-0.4, -0.2) is 19.8 Å². The maximum absolute atomic E-state index is 11.2. The highest BCUT2D eigenvalue weighted by molar-refractivity contribution is 5.64. The van der Waals surface area contributed by atoms with Crippen LogP contribution in [0.4, 0.5) is 11.5 Å². The number of nitro groups is 1. The van der Waals surface area contributed by atoms with Crippen molar-refractivity contribution in [2.45, 2.75) is 13.5 Å². The second kappa shape index (κ2) is 6.64. The predicted octanol–water partition coefficient (Wildman–Crippen LogP) is 3.62. The van der Waals surface area contributed by atoms with Crippen molar-refractivity contribution in [1.29, 1.82) is 0 Å². The van der Waals surface area contributed by atoms with Gasteiger partial charge in [-0.2, -0.15) is 5.10 Å². The molecule has 0 unspecified atom stereocenters. The Bertz CT molecular complexity index is 899. The van der Waals surface area contributed by atoms with Gasteiger partial charge in [-0.05, 0) is 35.7 Å². The number of nitrogens with zero attached hydrogens (tertiary/aromatic N) is 3. The number of phenolic OH excluding ortho intramolecular Hbond substituents is 1. The van der Waals surface area contributed by atoms with Gasteiger partial charge in [0.2, 0.25) is 5.82 Å². The van der Waals surface area contributed by atoms with Crippen LogP contribution in [-0.2, 0) is 13.6 Å². The predicted molar refractivity (Wildman–Crippen MR) is 95.5 cm³/mol. The Labute approximate surface area is 144 Å². The molecule has 2 N–H and O–H groups in total. The Balaban J connectivity index is 1.75. The van der Waals surface area contributed by atoms with Gasteiger partial charge in [0.1, 0.15) is 11.4 Å². The topological polar surface area (TPSA) is 93.2 Å². The summed E-state index contributed by atoms with van der Waals surface area (Å²) in [5, 5.41) is 27.7. The largest absolute Gasteiger partial charge is 0.508 e. The van der Waals surface area contributed by atoms with Crippen molar-refractivity contribution in [3.63, 3.8) is 0 Å². The van der Waals surface area contributed by atoms with Crippen LogP contribution in [0.1, 0.15) is 11.3 Å². The third-order valence-corrected chi connectivity index (χ3v) is 3.99. The molecule has 0 saturated heterocycles. The highest BCUT2D eigenvalue weighted by atomic mass is 16.6. The summed E-state index contributed by atoms with van der Waals surface area (Å²) in [5.74, 6) is 0.628. The van der Waals surface area contributed by atoms with Crippen molar-refractivity contribution < 1.29 is 10.0 Å². The Morgan fingerprint density at radius 3 is 2.24 bits per heavy atom. The van der Waals surface area contributed by atoms with E-state index in [0.29, 0.717) is 18.1 Å². The van der Waals surface area contributed by atoms with Gasteiger partial charge in [-0.1, -0.05) is 36.4 Å². The zero-order chi connectivity index (χ0) is 18.0. The average molecular weight is 338 g/mol. The molecule has 1 heterocycles. The maximum atomic E-state index is 11.2. The summed E-state index contributed by atoms with van der Waals surface area (Å²) in [4.78, 5) is 10.8. The van der Waals surface area contributed by atoms with Gasteiger partial charge >= 0.3 is 5.69 Å². The van der Waals surface area contributed by atoms with Gasteiger partial charge in [-0.25, -0.2) is 4.68 Å². The first-order chi connectivity index (χ1) is 12.0. The number of hydrogen-bond acceptors (Lipinski definition) is 5. The third-order valence-electron chi connectivity index (χ3n) is 3.99. The summed E-state index contributed by atoms with van der Waals surface area (Å²) in [6.45, 7) is 2.07. The Morgan fingerprint density at radius 2 is 1.68 bits per heavy atom. The minimum absolute atomic E-state index is 0.00298. The van der Waals surface area contributed by atoms with Gasteiger partial charge in [0.05, 0.1) is 4.92 Å². The number of benzene rings is 2. The lowest BCUT2D eigenvalue weighted by atomic mass is 10.0. The van der Waals surface area contributed by atoms with E-state index in [2.05, 4.69) is 10.4 Å². The smallest absolute Gasteiger partial charge is 0.333 e. The molecule has 7 nitrogen and oxygen atoms in total. The van der Waals surface area contributed by atoms with E-state index in [0.717, 1.165) is 16.7 Å². The fraction of sp³-hybridized carbons (Fsp3) is 0.167. The molecule has 1 aromatic heterocycles. The molecule has 3 rings (SSSR count). The Morgan fingerprint density at radius 1 is 1.12 bits per heavy atom. The molecule has 0 saturated carbocycles. The highest BCUT2D eigenvalue weighted by Gasteiger charge is 2.23. The van der Waals surface area contributed by atoms with Crippen LogP contribution >= 0.6 is 0 Å². The van der Waals surface area contributed by atoms with Crippen molar-refractivity contribution in [1.82, 2.24) is 9.78 Å². The van der Waals surface area contributed by atoms with E-state index < -0.39 is 4.92 Å². The minimum Gasteiger partial charge on any atom is -0.508 e. The molecule has 0 fully saturated rings. The lowest BCUT2D eigenvalue weighted by molar-refractivity contribution is -0.384. The molecule has 0 amide bonds. The molecular weight excluding hydrogens is 320 g/mol. The molecule has 0 aliphatic carbocycles. The fourth-order valence-electron chi connectivity index (χ4n) is 2.72. The van der Waals surface area contributed by atoms with Crippen molar-refractivity contribution in [2.24, 2.45) is 7.05 Å². The number of rotatable bonds is 5. The molecule has 0 aliphatic rings. The zero-order valence-corrected chi connectivity index (χ0v) is 13.9. The zero-order valence-electron chi connectivity index (χ0n) is 13.9. The van der Waals surface area contributed by atoms with Gasteiger partial charge < -0.3 is 10.4 Å². The molecule has 7 heteroatoms. The second-order valence-corrected chi connectivity index (χ2v) is 5.76. The monoisotopic (exact) mass is 338 g/mol. The van der Waals surface area contributed by atoms with Gasteiger partial charge in [0.15, 0.2) is 0 Å². The van der Waals surface area contributed by atoms with Crippen LogP contribution < -0.4 is 5.32 Å². The number of phenols is 1. The van der Waals surface area contributed by atoms with Crippen LogP contribution in [0.5, 0.6) is 5.75 Å². The fourth-order valence-corrected chi connectivity index (χ4v) is 2.72. The van der Waals surface area contributed by atoms with E-state index in [1.807, 2.05) is 36.4 Å². The van der Waals surface area contributed by atoms with E-state index in [-0.39, 0.29) is 11.4 Å². The maximum Gasteiger partial charge on any atom is 0.333 e. The molecule has 0 spiro atoms. The number of aromatic nitrogens is 2. The van der Waals surface area contributed by atoms with Crippen LogP contribution in [0.2, 0.25) is 0 Å². The van der Waals surface area contributed by atoms with Crippen molar-refractivity contribution in [3.05, 3.63) is 69.9 Å². The molecule has 128 valence electrons. The quantitative estimate of drug-likeness (QED) is 0.547. The van der Waals surface area contributed by atoms with Crippen molar-refractivity contribution >= 4 is 11.5 Å². The van der Waals surface area contributed by atoms with E-state index in [4.69, 9.17) is 0 Å². The molecule has 0 aliphatic heterocycles. The number of aromatic hydroxyl groups is 1. The van der Waals surface area contributed by atoms with Gasteiger partial charge in [-0.15, -0.1) is 0 Å². The number of nitrogens with one attached hydrogen (secondary N) is 1. The summed E-state index contributed by atoms with van der Waals surface area (Å²) in [7, 11) is 1.68. The average Bonchev–Trinajstić information content (AvgIpc) is 2.88. The molecule has 25 heavy (non-hydrogen) atoms. The molecule has 0 atom stereocenters. The van der Waals surface area contributed by atoms with Gasteiger partial charge in [0.25, 0.3) is 0 Å². The van der Waals surface area contributed by atoms with E-state index in [9.17, 15) is 15.2 Å². The first-order valence-electron chi connectivity index (χ1n) is 7.76. The first-order valence-corrected chi connectivity index (χ1v) is 7.76. The summed E-state index contributed by atoms with van der Waals surface area (Å²) in [6, 6.07) is 14.9. The first kappa shape index (κ1) is 16.5. The van der Waals surface area contributed by atoms with Crippen LogP contribution in [0, 0.1) is 17.0 Å².